The Bertz CT molecular complexity index is 528. The predicted octanol–water partition coefficient (Wildman–Crippen LogP) is 3.02. The van der Waals surface area contributed by atoms with E-state index in [1.165, 1.54) is 0 Å². The van der Waals surface area contributed by atoms with Crippen LogP contribution in [0.25, 0.3) is 0 Å². The zero-order valence-electron chi connectivity index (χ0n) is 11.8. The van der Waals surface area contributed by atoms with Gasteiger partial charge in [0.2, 0.25) is 11.8 Å². The summed E-state index contributed by atoms with van der Waals surface area (Å²) in [6.07, 6.45) is 1.48. The number of nitrogens with zero attached hydrogens (tertiary/aromatic N) is 1. The number of alkyl halides is 1. The Kier molecular flexibility index (Phi) is 4.33. The first-order valence-corrected chi connectivity index (χ1v) is 7.25. The maximum atomic E-state index is 12.1. The Morgan fingerprint density at radius 2 is 2.20 bits per heavy atom. The average Bonchev–Trinajstić information content (AvgIpc) is 2.85. The number of hydrogen-bond donors (Lipinski definition) is 1. The van der Waals surface area contributed by atoms with Crippen molar-refractivity contribution in [2.45, 2.75) is 26.7 Å². The Balaban J connectivity index is 2.14. The minimum absolute atomic E-state index is 0.127. The van der Waals surface area contributed by atoms with Gasteiger partial charge in [-0.2, -0.15) is 0 Å². The van der Waals surface area contributed by atoms with Crippen molar-refractivity contribution in [1.29, 1.82) is 0 Å². The molecule has 0 spiro atoms. The number of benzene rings is 1. The molecule has 5 heteroatoms. The van der Waals surface area contributed by atoms with Crippen LogP contribution in [0.4, 0.5) is 11.4 Å². The third-order valence-corrected chi connectivity index (χ3v) is 4.11. The lowest BCUT2D eigenvalue weighted by Crippen LogP contribution is -2.32. The van der Waals surface area contributed by atoms with Crippen molar-refractivity contribution < 1.29 is 9.59 Å². The Morgan fingerprint density at radius 3 is 2.80 bits per heavy atom. The van der Waals surface area contributed by atoms with Crippen LogP contribution in [0.3, 0.4) is 0 Å². The molecule has 0 bridgehead atoms. The minimum Gasteiger partial charge on any atom is -0.326 e. The summed E-state index contributed by atoms with van der Waals surface area (Å²) in [7, 11) is 0. The van der Waals surface area contributed by atoms with Crippen molar-refractivity contribution >= 4 is 34.8 Å². The monoisotopic (exact) mass is 294 g/mol. The molecule has 1 aromatic rings. The van der Waals surface area contributed by atoms with Gasteiger partial charge in [0.1, 0.15) is 0 Å². The molecule has 1 N–H and O–H groups in total. The molecule has 1 heterocycles. The number of anilines is 2. The first-order valence-electron chi connectivity index (χ1n) is 6.72. The molecule has 1 fully saturated rings. The molecule has 20 heavy (non-hydrogen) atoms. The van der Waals surface area contributed by atoms with Gasteiger partial charge in [-0.3, -0.25) is 9.59 Å². The number of halogens is 1. The molecule has 1 aliphatic rings. The van der Waals surface area contributed by atoms with Crippen molar-refractivity contribution in [2.75, 3.05) is 22.6 Å². The van der Waals surface area contributed by atoms with Crippen LogP contribution >= 0.6 is 11.6 Å². The quantitative estimate of drug-likeness (QED) is 0.868. The van der Waals surface area contributed by atoms with Crippen molar-refractivity contribution in [3.05, 3.63) is 24.3 Å². The highest BCUT2D eigenvalue weighted by molar-refractivity contribution is 6.20. The molecule has 2 amide bonds. The Morgan fingerprint density at radius 1 is 1.45 bits per heavy atom. The second-order valence-corrected chi connectivity index (χ2v) is 5.94. The summed E-state index contributed by atoms with van der Waals surface area (Å²) in [5.74, 6) is 0.260. The fourth-order valence-corrected chi connectivity index (χ4v) is 2.16. The topological polar surface area (TPSA) is 49.4 Å². The van der Waals surface area contributed by atoms with Gasteiger partial charge in [0.15, 0.2) is 0 Å². The van der Waals surface area contributed by atoms with Crippen molar-refractivity contribution in [3.8, 4) is 0 Å². The van der Waals surface area contributed by atoms with E-state index in [1.54, 1.807) is 18.7 Å². The molecular weight excluding hydrogens is 276 g/mol. The van der Waals surface area contributed by atoms with Gasteiger partial charge < -0.3 is 10.2 Å². The molecular formula is C15H19ClN2O2. The van der Waals surface area contributed by atoms with Crippen LogP contribution in [-0.2, 0) is 9.59 Å². The lowest BCUT2D eigenvalue weighted by molar-refractivity contribution is -0.123. The normalized spacial score (nSPS) is 15.6. The third-order valence-electron chi connectivity index (χ3n) is 3.44. The van der Waals surface area contributed by atoms with E-state index in [9.17, 15) is 9.59 Å². The van der Waals surface area contributed by atoms with E-state index in [4.69, 9.17) is 11.6 Å². The summed E-state index contributed by atoms with van der Waals surface area (Å²) in [4.78, 5) is 25.6. The van der Waals surface area contributed by atoms with E-state index < -0.39 is 5.41 Å². The van der Waals surface area contributed by atoms with Gasteiger partial charge >= 0.3 is 0 Å². The third kappa shape index (κ3) is 3.12. The van der Waals surface area contributed by atoms with Crippen molar-refractivity contribution in [2.24, 2.45) is 5.41 Å². The van der Waals surface area contributed by atoms with Crippen LogP contribution in [-0.4, -0.2) is 24.2 Å². The fraction of sp³-hybridized carbons (Fsp3) is 0.467. The van der Waals surface area contributed by atoms with E-state index in [0.717, 1.165) is 18.7 Å². The molecule has 0 radical (unpaired) electrons. The van der Waals surface area contributed by atoms with Crippen LogP contribution in [0.5, 0.6) is 0 Å². The lowest BCUT2D eigenvalue weighted by atomic mass is 9.95. The Labute approximate surface area is 124 Å². The lowest BCUT2D eigenvalue weighted by Gasteiger charge is -2.21. The molecule has 1 aliphatic heterocycles. The van der Waals surface area contributed by atoms with Crippen LogP contribution in [0.2, 0.25) is 0 Å². The van der Waals surface area contributed by atoms with Crippen LogP contribution < -0.4 is 10.2 Å². The maximum absolute atomic E-state index is 12.1. The molecule has 1 saturated heterocycles. The molecule has 0 atom stereocenters. The number of rotatable bonds is 4. The Hall–Kier alpha value is -1.55. The van der Waals surface area contributed by atoms with Crippen molar-refractivity contribution in [3.63, 3.8) is 0 Å². The first kappa shape index (κ1) is 14.9. The summed E-state index contributed by atoms with van der Waals surface area (Å²) < 4.78 is 0. The minimum atomic E-state index is -0.624. The van der Waals surface area contributed by atoms with Crippen LogP contribution in [0.15, 0.2) is 24.3 Å². The number of amides is 2. The van der Waals surface area contributed by atoms with E-state index in [-0.39, 0.29) is 17.7 Å². The van der Waals surface area contributed by atoms with E-state index in [2.05, 4.69) is 5.32 Å². The average molecular weight is 295 g/mol. The van der Waals surface area contributed by atoms with Gasteiger partial charge in [0.25, 0.3) is 0 Å². The summed E-state index contributed by atoms with van der Waals surface area (Å²) in [6.45, 7) is 4.33. The zero-order valence-corrected chi connectivity index (χ0v) is 12.5. The predicted molar refractivity (Wildman–Crippen MR) is 81.2 cm³/mol. The highest BCUT2D eigenvalue weighted by Gasteiger charge is 2.27. The van der Waals surface area contributed by atoms with Crippen LogP contribution in [0, 0.1) is 5.41 Å². The van der Waals surface area contributed by atoms with Gasteiger partial charge in [0, 0.05) is 30.2 Å². The smallest absolute Gasteiger partial charge is 0.231 e. The van der Waals surface area contributed by atoms with Gasteiger partial charge in [-0.05, 0) is 38.5 Å². The van der Waals surface area contributed by atoms with Gasteiger partial charge in [-0.25, -0.2) is 0 Å². The SMILES string of the molecule is CC(C)(CCl)C(=O)Nc1cccc(N2CCCC2=O)c1. The second-order valence-electron chi connectivity index (χ2n) is 5.67. The molecule has 0 aromatic heterocycles. The molecule has 4 nitrogen and oxygen atoms in total. The maximum Gasteiger partial charge on any atom is 0.231 e. The van der Waals surface area contributed by atoms with Crippen LogP contribution in [0.1, 0.15) is 26.7 Å². The fourth-order valence-electron chi connectivity index (χ4n) is 2.03. The van der Waals surface area contributed by atoms with Gasteiger partial charge in [-0.1, -0.05) is 6.07 Å². The highest BCUT2D eigenvalue weighted by Crippen LogP contribution is 2.26. The highest BCUT2D eigenvalue weighted by atomic mass is 35.5. The van der Waals surface area contributed by atoms with Gasteiger partial charge in [0.05, 0.1) is 5.41 Å². The first-order chi connectivity index (χ1) is 9.44. The largest absolute Gasteiger partial charge is 0.326 e. The summed E-state index contributed by atoms with van der Waals surface area (Å²) in [6, 6.07) is 7.35. The standard InChI is InChI=1S/C15H19ClN2O2/c1-15(2,10-16)14(20)17-11-5-3-6-12(9-11)18-8-4-7-13(18)19/h3,5-6,9H,4,7-8,10H2,1-2H3,(H,17,20). The summed E-state index contributed by atoms with van der Waals surface area (Å²) in [5.41, 5.74) is 0.889. The molecule has 0 aliphatic carbocycles. The zero-order chi connectivity index (χ0) is 14.8. The van der Waals surface area contributed by atoms with E-state index in [1.807, 2.05) is 24.3 Å². The van der Waals surface area contributed by atoms with E-state index >= 15 is 0 Å². The van der Waals surface area contributed by atoms with Crippen molar-refractivity contribution in [1.82, 2.24) is 0 Å². The number of carbonyl (C=O) groups is 2. The number of nitrogens with one attached hydrogen (secondary N) is 1. The second kappa shape index (κ2) is 5.83. The van der Waals surface area contributed by atoms with Gasteiger partial charge in [-0.15, -0.1) is 11.6 Å². The number of hydrogen-bond acceptors (Lipinski definition) is 2. The van der Waals surface area contributed by atoms with E-state index in [0.29, 0.717) is 12.1 Å². The summed E-state index contributed by atoms with van der Waals surface area (Å²) >= 11 is 5.79. The number of carbonyl (C=O) groups excluding carboxylic acids is 2. The molecule has 0 saturated carbocycles. The molecule has 0 unspecified atom stereocenters. The molecule has 1 aromatic carbocycles. The molecule has 2 rings (SSSR count). The summed E-state index contributed by atoms with van der Waals surface area (Å²) in [5, 5.41) is 2.85. The molecule has 108 valence electrons.